The van der Waals surface area contributed by atoms with Crippen LogP contribution in [-0.4, -0.2) is 46.2 Å². The first kappa shape index (κ1) is 19.1. The van der Waals surface area contributed by atoms with Crippen LogP contribution in [0.4, 0.5) is 5.82 Å². The molecule has 2 aromatic rings. The van der Waals surface area contributed by atoms with E-state index in [0.717, 1.165) is 42.6 Å². The summed E-state index contributed by atoms with van der Waals surface area (Å²) in [4.78, 5) is 10.8. The summed E-state index contributed by atoms with van der Waals surface area (Å²) in [7, 11) is 1.00. The first-order valence-corrected chi connectivity index (χ1v) is 8.23. The molecule has 2 unspecified atom stereocenters. The zero-order chi connectivity index (χ0) is 18.2. The second kappa shape index (κ2) is 9.27. The van der Waals surface area contributed by atoms with Crippen LogP contribution in [0.2, 0.25) is 0 Å². The Labute approximate surface area is 148 Å². The van der Waals surface area contributed by atoms with Crippen LogP contribution >= 0.6 is 0 Å². The second-order valence-corrected chi connectivity index (χ2v) is 5.60. The third-order valence-corrected chi connectivity index (χ3v) is 4.14. The quantitative estimate of drug-likeness (QED) is 0.868. The molecule has 1 fully saturated rings. The Morgan fingerprint density at radius 3 is 2.56 bits per heavy atom. The molecule has 134 valence electrons. The van der Waals surface area contributed by atoms with Crippen LogP contribution in [0, 0.1) is 6.92 Å². The van der Waals surface area contributed by atoms with E-state index in [9.17, 15) is 5.11 Å². The van der Waals surface area contributed by atoms with Gasteiger partial charge in [0.15, 0.2) is 0 Å². The van der Waals surface area contributed by atoms with Crippen molar-refractivity contribution in [2.24, 2.45) is 0 Å². The standard InChI is InChI=1S/C18H21N3O2.CH4O/c1-3-21(16-10-9-15(11-22)23-16)18-13(2)17(19-12-20-18)14-7-5-4-6-8-14;1-2/h3-8,12,15-16,22H,1,9-11H2,2H3;2H,1H3. The van der Waals surface area contributed by atoms with Crippen LogP contribution < -0.4 is 4.90 Å². The highest BCUT2D eigenvalue weighted by molar-refractivity contribution is 5.68. The predicted molar refractivity (Wildman–Crippen MR) is 98.0 cm³/mol. The summed E-state index contributed by atoms with van der Waals surface area (Å²) >= 11 is 0. The zero-order valence-electron chi connectivity index (χ0n) is 14.7. The lowest BCUT2D eigenvalue weighted by molar-refractivity contribution is 0.0141. The first-order valence-electron chi connectivity index (χ1n) is 8.23. The van der Waals surface area contributed by atoms with E-state index in [4.69, 9.17) is 9.84 Å². The van der Waals surface area contributed by atoms with Crippen LogP contribution in [0.1, 0.15) is 18.4 Å². The van der Waals surface area contributed by atoms with Gasteiger partial charge in [-0.3, -0.25) is 0 Å². The molecule has 1 aromatic carbocycles. The number of nitrogens with zero attached hydrogens (tertiary/aromatic N) is 3. The monoisotopic (exact) mass is 343 g/mol. The summed E-state index contributed by atoms with van der Waals surface area (Å²) in [6, 6.07) is 10.0. The van der Waals surface area contributed by atoms with Crippen LogP contribution in [0.25, 0.3) is 11.3 Å². The van der Waals surface area contributed by atoms with Gasteiger partial charge in [0, 0.05) is 24.4 Å². The predicted octanol–water partition coefficient (Wildman–Crippen LogP) is 2.51. The van der Waals surface area contributed by atoms with Gasteiger partial charge in [0.05, 0.1) is 18.4 Å². The van der Waals surface area contributed by atoms with Gasteiger partial charge in [-0.15, -0.1) is 0 Å². The summed E-state index contributed by atoms with van der Waals surface area (Å²) in [5.74, 6) is 0.789. The van der Waals surface area contributed by atoms with Crippen molar-refractivity contribution in [1.29, 1.82) is 0 Å². The number of hydrogen-bond acceptors (Lipinski definition) is 6. The molecule has 6 heteroatoms. The number of benzene rings is 1. The van der Waals surface area contributed by atoms with Crippen molar-refractivity contribution < 1.29 is 14.9 Å². The Kier molecular flexibility index (Phi) is 7.06. The highest BCUT2D eigenvalue weighted by Gasteiger charge is 2.30. The van der Waals surface area contributed by atoms with E-state index in [2.05, 4.69) is 16.5 Å². The van der Waals surface area contributed by atoms with Crippen molar-refractivity contribution in [2.45, 2.75) is 32.1 Å². The molecule has 3 rings (SSSR count). The SMILES string of the molecule is C=CN(c1ncnc(-c2ccccc2)c1C)C1CCC(CO)O1.CO. The lowest BCUT2D eigenvalue weighted by atomic mass is 10.1. The van der Waals surface area contributed by atoms with Crippen molar-refractivity contribution in [3.8, 4) is 11.3 Å². The van der Waals surface area contributed by atoms with E-state index in [1.807, 2.05) is 42.2 Å². The maximum Gasteiger partial charge on any atom is 0.141 e. The molecule has 1 saturated heterocycles. The molecule has 0 aliphatic carbocycles. The molecule has 2 N–H and O–H groups in total. The molecule has 0 bridgehead atoms. The molecular formula is C19H25N3O3. The van der Waals surface area contributed by atoms with Crippen molar-refractivity contribution in [3.63, 3.8) is 0 Å². The Morgan fingerprint density at radius 1 is 1.24 bits per heavy atom. The molecule has 6 nitrogen and oxygen atoms in total. The maximum absolute atomic E-state index is 9.26. The largest absolute Gasteiger partial charge is 0.400 e. The van der Waals surface area contributed by atoms with Crippen molar-refractivity contribution in [1.82, 2.24) is 9.97 Å². The lowest BCUT2D eigenvalue weighted by Crippen LogP contribution is -2.32. The minimum absolute atomic E-state index is 0.0412. The summed E-state index contributed by atoms with van der Waals surface area (Å²) in [6.45, 7) is 5.95. The third kappa shape index (κ3) is 4.22. The molecule has 1 aromatic heterocycles. The lowest BCUT2D eigenvalue weighted by Gasteiger charge is -2.27. The molecule has 0 spiro atoms. The fraction of sp³-hybridized carbons (Fsp3) is 0.368. The Morgan fingerprint density at radius 2 is 1.96 bits per heavy atom. The normalized spacial score (nSPS) is 19.0. The van der Waals surface area contributed by atoms with Gasteiger partial charge in [-0.2, -0.15) is 0 Å². The van der Waals surface area contributed by atoms with Crippen LogP contribution in [0.5, 0.6) is 0 Å². The molecule has 2 heterocycles. The second-order valence-electron chi connectivity index (χ2n) is 5.60. The van der Waals surface area contributed by atoms with Gasteiger partial charge in [-0.25, -0.2) is 9.97 Å². The molecule has 1 aliphatic rings. The average Bonchev–Trinajstić information content (AvgIpc) is 3.15. The minimum atomic E-state index is -0.151. The van der Waals surface area contributed by atoms with Gasteiger partial charge in [-0.05, 0) is 19.8 Å². The Bertz CT molecular complexity index is 679. The first-order chi connectivity index (χ1) is 12.2. The highest BCUT2D eigenvalue weighted by Crippen LogP contribution is 2.31. The molecule has 1 aliphatic heterocycles. The topological polar surface area (TPSA) is 78.7 Å². The van der Waals surface area contributed by atoms with Gasteiger partial charge in [0.25, 0.3) is 0 Å². The van der Waals surface area contributed by atoms with E-state index in [1.165, 1.54) is 0 Å². The number of rotatable bonds is 5. The zero-order valence-corrected chi connectivity index (χ0v) is 14.7. The van der Waals surface area contributed by atoms with Crippen molar-refractivity contribution >= 4 is 5.82 Å². The minimum Gasteiger partial charge on any atom is -0.400 e. The fourth-order valence-electron chi connectivity index (χ4n) is 2.95. The molecule has 0 radical (unpaired) electrons. The van der Waals surface area contributed by atoms with Crippen molar-refractivity contribution in [2.75, 3.05) is 18.6 Å². The summed E-state index contributed by atoms with van der Waals surface area (Å²) < 4.78 is 5.86. The van der Waals surface area contributed by atoms with Gasteiger partial charge in [0.2, 0.25) is 0 Å². The summed E-state index contributed by atoms with van der Waals surface area (Å²) in [5, 5.41) is 16.3. The number of hydrogen-bond donors (Lipinski definition) is 2. The van der Waals surface area contributed by atoms with E-state index in [-0.39, 0.29) is 18.9 Å². The van der Waals surface area contributed by atoms with Gasteiger partial charge >= 0.3 is 0 Å². The highest BCUT2D eigenvalue weighted by atomic mass is 16.5. The Balaban J connectivity index is 0.00000109. The molecule has 0 amide bonds. The van der Waals surface area contributed by atoms with E-state index in [1.54, 1.807) is 12.5 Å². The van der Waals surface area contributed by atoms with Crippen LogP contribution in [0.3, 0.4) is 0 Å². The number of ether oxygens (including phenoxy) is 1. The number of aliphatic hydroxyl groups is 2. The summed E-state index contributed by atoms with van der Waals surface area (Å²) in [6.07, 6.45) is 4.71. The number of aliphatic hydroxyl groups excluding tert-OH is 2. The van der Waals surface area contributed by atoms with Gasteiger partial charge < -0.3 is 19.8 Å². The van der Waals surface area contributed by atoms with E-state index >= 15 is 0 Å². The van der Waals surface area contributed by atoms with Gasteiger partial charge in [-0.1, -0.05) is 36.9 Å². The van der Waals surface area contributed by atoms with Crippen molar-refractivity contribution in [3.05, 3.63) is 55.0 Å². The van der Waals surface area contributed by atoms with Crippen LogP contribution in [0.15, 0.2) is 49.4 Å². The average molecular weight is 343 g/mol. The molecule has 2 atom stereocenters. The summed E-state index contributed by atoms with van der Waals surface area (Å²) in [5.41, 5.74) is 2.94. The number of aromatic nitrogens is 2. The van der Waals surface area contributed by atoms with E-state index in [0.29, 0.717) is 0 Å². The number of anilines is 1. The van der Waals surface area contributed by atoms with E-state index < -0.39 is 0 Å². The Hall–Kier alpha value is -2.28. The molecule has 25 heavy (non-hydrogen) atoms. The smallest absolute Gasteiger partial charge is 0.141 e. The molecule has 0 saturated carbocycles. The molecular weight excluding hydrogens is 318 g/mol. The van der Waals surface area contributed by atoms with Gasteiger partial charge in [0.1, 0.15) is 18.4 Å². The van der Waals surface area contributed by atoms with Crippen LogP contribution in [-0.2, 0) is 4.74 Å². The fourth-order valence-corrected chi connectivity index (χ4v) is 2.95. The third-order valence-electron chi connectivity index (χ3n) is 4.14. The maximum atomic E-state index is 9.26.